The summed E-state index contributed by atoms with van der Waals surface area (Å²) in [5.41, 5.74) is 8.09. The van der Waals surface area contributed by atoms with Crippen molar-refractivity contribution in [1.29, 1.82) is 0 Å². The fraction of sp³-hybridized carbons (Fsp3) is 0.375. The first-order valence-electron chi connectivity index (χ1n) is 6.75. The Morgan fingerprint density at radius 2 is 2.15 bits per heavy atom. The van der Waals surface area contributed by atoms with Crippen molar-refractivity contribution < 1.29 is 4.74 Å². The number of methoxy groups -OCH3 is 1. The zero-order valence-electron chi connectivity index (χ0n) is 12.3. The molecule has 2 rings (SSSR count). The highest BCUT2D eigenvalue weighted by Crippen LogP contribution is 2.26. The topological polar surface area (TPSA) is 38.5 Å². The molecule has 2 aromatic rings. The quantitative estimate of drug-likeness (QED) is 0.886. The van der Waals surface area contributed by atoms with Crippen LogP contribution < -0.4 is 10.5 Å². The maximum absolute atomic E-state index is 5.77. The molecule has 0 amide bonds. The van der Waals surface area contributed by atoms with Crippen LogP contribution in [-0.4, -0.2) is 19.1 Å². The number of nitrogens with zero attached hydrogens (tertiary/aromatic N) is 1. The van der Waals surface area contributed by atoms with Gasteiger partial charge in [0, 0.05) is 29.6 Å². The Hall–Kier alpha value is -1.36. The zero-order valence-corrected chi connectivity index (χ0v) is 13.1. The largest absolute Gasteiger partial charge is 0.496 e. The summed E-state index contributed by atoms with van der Waals surface area (Å²) in [7, 11) is 3.83. The lowest BCUT2D eigenvalue weighted by molar-refractivity contribution is 0.256. The molecule has 0 aliphatic heterocycles. The highest BCUT2D eigenvalue weighted by atomic mass is 32.1. The maximum atomic E-state index is 5.77. The summed E-state index contributed by atoms with van der Waals surface area (Å²) < 4.78 is 5.31. The normalized spacial score (nSPS) is 12.7. The third kappa shape index (κ3) is 3.39. The van der Waals surface area contributed by atoms with Crippen molar-refractivity contribution in [2.75, 3.05) is 14.2 Å². The van der Waals surface area contributed by atoms with E-state index in [0.29, 0.717) is 12.6 Å². The first kappa shape index (κ1) is 15.0. The maximum Gasteiger partial charge on any atom is 0.123 e. The monoisotopic (exact) mass is 290 g/mol. The predicted molar refractivity (Wildman–Crippen MR) is 85.1 cm³/mol. The van der Waals surface area contributed by atoms with Gasteiger partial charge in [-0.2, -0.15) is 0 Å². The molecule has 0 spiro atoms. The van der Waals surface area contributed by atoms with Gasteiger partial charge in [0.05, 0.1) is 7.11 Å². The van der Waals surface area contributed by atoms with Crippen molar-refractivity contribution in [2.24, 2.45) is 5.73 Å². The third-order valence-corrected chi connectivity index (χ3v) is 4.66. The Morgan fingerprint density at radius 3 is 2.75 bits per heavy atom. The second kappa shape index (κ2) is 6.88. The van der Waals surface area contributed by atoms with E-state index in [1.54, 1.807) is 18.4 Å². The van der Waals surface area contributed by atoms with E-state index < -0.39 is 0 Å². The van der Waals surface area contributed by atoms with Gasteiger partial charge in [0.25, 0.3) is 0 Å². The minimum atomic E-state index is 0.415. The number of hydrogen-bond donors (Lipinski definition) is 1. The summed E-state index contributed by atoms with van der Waals surface area (Å²) in [4.78, 5) is 3.73. The number of nitrogens with two attached hydrogens (primary N) is 1. The van der Waals surface area contributed by atoms with Gasteiger partial charge >= 0.3 is 0 Å². The molecule has 0 radical (unpaired) electrons. The standard InChI is InChI=1S/C16H22N2OS/c1-12(16-5-4-8-20-16)18(2)11-13-6-7-15(19-3)14(9-13)10-17/h4-9,12H,10-11,17H2,1-3H3. The fourth-order valence-corrected chi connectivity index (χ4v) is 3.11. The summed E-state index contributed by atoms with van der Waals surface area (Å²) in [6.07, 6.45) is 0. The molecule has 1 atom stereocenters. The second-order valence-corrected chi connectivity index (χ2v) is 5.94. The number of ether oxygens (including phenoxy) is 1. The van der Waals surface area contributed by atoms with Crippen LogP contribution in [0.5, 0.6) is 5.75 Å². The van der Waals surface area contributed by atoms with Crippen molar-refractivity contribution in [3.63, 3.8) is 0 Å². The van der Waals surface area contributed by atoms with Gasteiger partial charge in [0.15, 0.2) is 0 Å². The van der Waals surface area contributed by atoms with Gasteiger partial charge in [-0.3, -0.25) is 4.90 Å². The zero-order chi connectivity index (χ0) is 14.5. The third-order valence-electron chi connectivity index (χ3n) is 3.61. The van der Waals surface area contributed by atoms with Crippen LogP contribution in [0.3, 0.4) is 0 Å². The lowest BCUT2D eigenvalue weighted by Crippen LogP contribution is -2.21. The number of hydrogen-bond acceptors (Lipinski definition) is 4. The van der Waals surface area contributed by atoms with Gasteiger partial charge in [-0.25, -0.2) is 0 Å². The second-order valence-electron chi connectivity index (χ2n) is 4.96. The molecule has 1 aromatic carbocycles. The van der Waals surface area contributed by atoms with Crippen molar-refractivity contribution in [1.82, 2.24) is 4.90 Å². The van der Waals surface area contributed by atoms with Gasteiger partial charge in [0.2, 0.25) is 0 Å². The average molecular weight is 290 g/mol. The van der Waals surface area contributed by atoms with Gasteiger partial charge in [-0.15, -0.1) is 11.3 Å². The van der Waals surface area contributed by atoms with E-state index in [0.717, 1.165) is 17.9 Å². The molecule has 4 heteroatoms. The highest BCUT2D eigenvalue weighted by Gasteiger charge is 2.13. The summed E-state index contributed by atoms with van der Waals surface area (Å²) in [6, 6.07) is 10.9. The minimum Gasteiger partial charge on any atom is -0.496 e. The van der Waals surface area contributed by atoms with Crippen molar-refractivity contribution in [3.05, 3.63) is 51.7 Å². The Bertz CT molecular complexity index is 539. The molecule has 0 fully saturated rings. The molecule has 0 saturated carbocycles. The molecule has 2 N–H and O–H groups in total. The first-order valence-corrected chi connectivity index (χ1v) is 7.63. The van der Waals surface area contributed by atoms with E-state index in [4.69, 9.17) is 10.5 Å². The molecule has 0 aliphatic carbocycles. The fourth-order valence-electron chi connectivity index (χ4n) is 2.26. The smallest absolute Gasteiger partial charge is 0.123 e. The van der Waals surface area contributed by atoms with Crippen LogP contribution in [0.15, 0.2) is 35.7 Å². The molecule has 1 aromatic heterocycles. The minimum absolute atomic E-state index is 0.415. The van der Waals surface area contributed by atoms with Crippen molar-refractivity contribution >= 4 is 11.3 Å². The molecule has 108 valence electrons. The van der Waals surface area contributed by atoms with Gasteiger partial charge < -0.3 is 10.5 Å². The van der Waals surface area contributed by atoms with E-state index in [-0.39, 0.29) is 0 Å². The highest BCUT2D eigenvalue weighted by molar-refractivity contribution is 7.10. The van der Waals surface area contributed by atoms with Crippen LogP contribution in [-0.2, 0) is 13.1 Å². The molecule has 3 nitrogen and oxygen atoms in total. The number of thiophene rings is 1. The van der Waals surface area contributed by atoms with Crippen LogP contribution in [0, 0.1) is 0 Å². The molecular weight excluding hydrogens is 268 g/mol. The van der Waals surface area contributed by atoms with Crippen LogP contribution in [0.2, 0.25) is 0 Å². The van der Waals surface area contributed by atoms with Crippen molar-refractivity contribution in [2.45, 2.75) is 26.1 Å². The molecule has 1 unspecified atom stereocenters. The number of benzene rings is 1. The van der Waals surface area contributed by atoms with E-state index in [1.165, 1.54) is 10.4 Å². The van der Waals surface area contributed by atoms with Gasteiger partial charge in [-0.1, -0.05) is 12.1 Å². The summed E-state index contributed by atoms with van der Waals surface area (Å²) in [5.74, 6) is 0.866. The summed E-state index contributed by atoms with van der Waals surface area (Å²) in [6.45, 7) is 3.64. The lowest BCUT2D eigenvalue weighted by atomic mass is 10.1. The van der Waals surface area contributed by atoms with Gasteiger partial charge in [0.1, 0.15) is 5.75 Å². The van der Waals surface area contributed by atoms with Crippen LogP contribution >= 0.6 is 11.3 Å². The predicted octanol–water partition coefficient (Wildman–Crippen LogP) is 3.41. The van der Waals surface area contributed by atoms with Crippen molar-refractivity contribution in [3.8, 4) is 5.75 Å². The molecular formula is C16H22N2OS. The number of rotatable bonds is 6. The Balaban J connectivity index is 2.09. The summed E-state index contributed by atoms with van der Waals surface area (Å²) >= 11 is 1.80. The Kier molecular flexibility index (Phi) is 5.17. The van der Waals surface area contributed by atoms with E-state index in [1.807, 2.05) is 6.07 Å². The first-order chi connectivity index (χ1) is 9.65. The average Bonchev–Trinajstić information content (AvgIpc) is 3.00. The van der Waals surface area contributed by atoms with E-state index >= 15 is 0 Å². The Morgan fingerprint density at radius 1 is 1.35 bits per heavy atom. The molecule has 1 heterocycles. The SMILES string of the molecule is COc1ccc(CN(C)C(C)c2cccs2)cc1CN. The van der Waals surface area contributed by atoms with E-state index in [2.05, 4.69) is 48.5 Å². The molecule has 0 bridgehead atoms. The van der Waals surface area contributed by atoms with Crippen LogP contribution in [0.4, 0.5) is 0 Å². The molecule has 20 heavy (non-hydrogen) atoms. The summed E-state index contributed by atoms with van der Waals surface area (Å²) in [5, 5.41) is 2.12. The van der Waals surface area contributed by atoms with Crippen LogP contribution in [0.1, 0.15) is 29.0 Å². The Labute approximate surface area is 125 Å². The van der Waals surface area contributed by atoms with Crippen LogP contribution in [0.25, 0.3) is 0 Å². The molecule has 0 saturated heterocycles. The van der Waals surface area contributed by atoms with E-state index in [9.17, 15) is 0 Å². The lowest BCUT2D eigenvalue weighted by Gasteiger charge is -2.24. The molecule has 0 aliphatic rings. The van der Waals surface area contributed by atoms with Gasteiger partial charge in [-0.05, 0) is 43.1 Å².